The summed E-state index contributed by atoms with van der Waals surface area (Å²) in [6.45, 7) is 8.10. The quantitative estimate of drug-likeness (QED) is 0.879. The third kappa shape index (κ3) is 3.43. The fourth-order valence-electron chi connectivity index (χ4n) is 2.93. The first-order valence-corrected chi connectivity index (χ1v) is 8.41. The Morgan fingerprint density at radius 3 is 2.72 bits per heavy atom. The van der Waals surface area contributed by atoms with Crippen LogP contribution in [-0.2, 0) is 5.41 Å². The molecule has 132 valence electrons. The molecule has 0 fully saturated rings. The lowest BCUT2D eigenvalue weighted by Gasteiger charge is -2.26. The summed E-state index contributed by atoms with van der Waals surface area (Å²) in [4.78, 5) is 32.3. The van der Waals surface area contributed by atoms with Gasteiger partial charge in [0.25, 0.3) is 11.5 Å². The van der Waals surface area contributed by atoms with Crippen molar-refractivity contribution in [3.8, 4) is 5.75 Å². The van der Waals surface area contributed by atoms with Crippen LogP contribution < -0.4 is 15.6 Å². The van der Waals surface area contributed by atoms with Crippen molar-refractivity contribution in [2.45, 2.75) is 45.6 Å². The van der Waals surface area contributed by atoms with E-state index in [1.807, 2.05) is 45.0 Å². The van der Waals surface area contributed by atoms with E-state index in [1.165, 1.54) is 0 Å². The van der Waals surface area contributed by atoms with E-state index in [-0.39, 0.29) is 17.0 Å². The Balaban J connectivity index is 1.89. The number of H-pyrrole nitrogens is 1. The number of aromatic nitrogens is 2. The first kappa shape index (κ1) is 17.2. The lowest BCUT2D eigenvalue weighted by atomic mass is 9.95. The van der Waals surface area contributed by atoms with Gasteiger partial charge in [-0.3, -0.25) is 9.59 Å². The van der Waals surface area contributed by atoms with E-state index in [4.69, 9.17) is 4.74 Å². The van der Waals surface area contributed by atoms with Crippen LogP contribution in [0.15, 0.2) is 29.1 Å². The van der Waals surface area contributed by atoms with Gasteiger partial charge in [0.2, 0.25) is 0 Å². The fourth-order valence-corrected chi connectivity index (χ4v) is 2.93. The molecule has 3 rings (SSSR count). The van der Waals surface area contributed by atoms with Gasteiger partial charge in [-0.25, -0.2) is 4.98 Å². The van der Waals surface area contributed by atoms with Crippen LogP contribution in [0.1, 0.15) is 60.7 Å². The number of nitrogens with zero attached hydrogens (tertiary/aromatic N) is 1. The zero-order chi connectivity index (χ0) is 18.2. The van der Waals surface area contributed by atoms with Crippen LogP contribution in [-0.4, -0.2) is 22.5 Å². The number of nitrogens with one attached hydrogen (secondary N) is 2. The molecule has 25 heavy (non-hydrogen) atoms. The molecule has 1 aromatic carbocycles. The van der Waals surface area contributed by atoms with Crippen molar-refractivity contribution in [3.05, 3.63) is 57.3 Å². The standard InChI is InChI=1S/C19H23N3O3/c1-11-15(17(24)22-18(20-11)19(2,3)4)16(23)21-13-9-10-25-14-8-6-5-7-12(13)14/h5-8,13H,9-10H2,1-4H3,(H,21,23)(H,20,22,24). The number of hydrogen-bond donors (Lipinski definition) is 2. The van der Waals surface area contributed by atoms with Gasteiger partial charge in [0.1, 0.15) is 17.1 Å². The van der Waals surface area contributed by atoms with E-state index in [9.17, 15) is 9.59 Å². The van der Waals surface area contributed by atoms with Gasteiger partial charge in [-0.15, -0.1) is 0 Å². The minimum Gasteiger partial charge on any atom is -0.493 e. The van der Waals surface area contributed by atoms with E-state index in [0.717, 1.165) is 11.3 Å². The van der Waals surface area contributed by atoms with Crippen molar-refractivity contribution in [2.24, 2.45) is 0 Å². The van der Waals surface area contributed by atoms with Crippen molar-refractivity contribution in [3.63, 3.8) is 0 Å². The first-order chi connectivity index (χ1) is 11.8. The van der Waals surface area contributed by atoms with E-state index < -0.39 is 11.5 Å². The predicted octanol–water partition coefficient (Wildman–Crippen LogP) is 2.63. The molecule has 2 aromatic rings. The third-order valence-electron chi connectivity index (χ3n) is 4.30. The number of ether oxygens (including phenoxy) is 1. The summed E-state index contributed by atoms with van der Waals surface area (Å²) >= 11 is 0. The molecule has 6 nitrogen and oxygen atoms in total. The second kappa shape index (κ2) is 6.35. The van der Waals surface area contributed by atoms with Gasteiger partial charge in [0, 0.05) is 17.4 Å². The molecular formula is C19H23N3O3. The summed E-state index contributed by atoms with van der Waals surface area (Å²) in [5.41, 5.74) is 0.729. The Morgan fingerprint density at radius 1 is 1.32 bits per heavy atom. The fraction of sp³-hybridized carbons (Fsp3) is 0.421. The number of aryl methyl sites for hydroxylation is 1. The zero-order valence-electron chi connectivity index (χ0n) is 15.0. The highest BCUT2D eigenvalue weighted by atomic mass is 16.5. The molecule has 1 aromatic heterocycles. The number of carbonyl (C=O) groups excluding carboxylic acids is 1. The van der Waals surface area contributed by atoms with Gasteiger partial charge >= 0.3 is 0 Å². The molecule has 1 aliphatic rings. The number of hydrogen-bond acceptors (Lipinski definition) is 4. The van der Waals surface area contributed by atoms with Crippen LogP contribution >= 0.6 is 0 Å². The largest absolute Gasteiger partial charge is 0.493 e. The van der Waals surface area contributed by atoms with Crippen molar-refractivity contribution in [2.75, 3.05) is 6.61 Å². The van der Waals surface area contributed by atoms with Gasteiger partial charge in [0.05, 0.1) is 18.3 Å². The average Bonchev–Trinajstić information content (AvgIpc) is 2.53. The summed E-state index contributed by atoms with van der Waals surface area (Å²) in [5, 5.41) is 2.95. The Bertz CT molecular complexity index is 865. The van der Waals surface area contributed by atoms with Crippen molar-refractivity contribution < 1.29 is 9.53 Å². The third-order valence-corrected chi connectivity index (χ3v) is 4.30. The molecule has 2 N–H and O–H groups in total. The summed E-state index contributed by atoms with van der Waals surface area (Å²) < 4.78 is 5.61. The number of para-hydroxylation sites is 1. The van der Waals surface area contributed by atoms with Crippen molar-refractivity contribution in [1.82, 2.24) is 15.3 Å². The van der Waals surface area contributed by atoms with Gasteiger partial charge in [0.15, 0.2) is 0 Å². The molecule has 0 saturated heterocycles. The molecule has 1 unspecified atom stereocenters. The summed E-state index contributed by atoms with van der Waals surface area (Å²) in [6.07, 6.45) is 0.660. The maximum atomic E-state index is 12.7. The molecule has 0 radical (unpaired) electrons. The SMILES string of the molecule is Cc1nc(C(C)(C)C)[nH]c(=O)c1C(=O)NC1CCOc2ccccc21. The smallest absolute Gasteiger partial charge is 0.264 e. The maximum Gasteiger partial charge on any atom is 0.264 e. The minimum absolute atomic E-state index is 0.0666. The number of amides is 1. The number of aromatic amines is 1. The Kier molecular flexibility index (Phi) is 4.37. The molecule has 0 bridgehead atoms. The van der Waals surface area contributed by atoms with Crippen molar-refractivity contribution in [1.29, 1.82) is 0 Å². The van der Waals surface area contributed by atoms with Crippen LogP contribution in [0, 0.1) is 6.92 Å². The average molecular weight is 341 g/mol. The molecule has 1 amide bonds. The molecule has 1 atom stereocenters. The second-order valence-corrected chi connectivity index (χ2v) is 7.33. The molecular weight excluding hydrogens is 318 g/mol. The van der Waals surface area contributed by atoms with Crippen LogP contribution in [0.5, 0.6) is 5.75 Å². The Hall–Kier alpha value is -2.63. The van der Waals surface area contributed by atoms with Crippen LogP contribution in [0.25, 0.3) is 0 Å². The molecule has 0 spiro atoms. The highest BCUT2D eigenvalue weighted by Gasteiger charge is 2.26. The van der Waals surface area contributed by atoms with E-state index in [0.29, 0.717) is 24.5 Å². The second-order valence-electron chi connectivity index (χ2n) is 7.33. The molecule has 0 saturated carbocycles. The van der Waals surface area contributed by atoms with Gasteiger partial charge < -0.3 is 15.0 Å². The summed E-state index contributed by atoms with van der Waals surface area (Å²) in [6, 6.07) is 7.43. The molecule has 2 heterocycles. The lowest BCUT2D eigenvalue weighted by molar-refractivity contribution is 0.0922. The van der Waals surface area contributed by atoms with Gasteiger partial charge in [-0.2, -0.15) is 0 Å². The normalized spacial score (nSPS) is 16.7. The maximum absolute atomic E-state index is 12.7. The van der Waals surface area contributed by atoms with Crippen LogP contribution in [0.2, 0.25) is 0 Å². The summed E-state index contributed by atoms with van der Waals surface area (Å²) in [7, 11) is 0. The first-order valence-electron chi connectivity index (χ1n) is 8.41. The zero-order valence-corrected chi connectivity index (χ0v) is 15.0. The highest BCUT2D eigenvalue weighted by molar-refractivity contribution is 5.95. The number of carbonyl (C=O) groups is 1. The monoisotopic (exact) mass is 341 g/mol. The molecule has 6 heteroatoms. The molecule has 1 aliphatic heterocycles. The number of benzene rings is 1. The van der Waals surface area contributed by atoms with Crippen LogP contribution in [0.4, 0.5) is 0 Å². The topological polar surface area (TPSA) is 84.1 Å². The Morgan fingerprint density at radius 2 is 2.04 bits per heavy atom. The number of rotatable bonds is 2. The Labute approximate surface area is 146 Å². The number of fused-ring (bicyclic) bond motifs is 1. The summed E-state index contributed by atoms with van der Waals surface area (Å²) in [5.74, 6) is 0.933. The van der Waals surface area contributed by atoms with Gasteiger partial charge in [-0.05, 0) is 13.0 Å². The minimum atomic E-state index is -0.409. The molecule has 0 aliphatic carbocycles. The van der Waals surface area contributed by atoms with E-state index in [2.05, 4.69) is 15.3 Å². The lowest BCUT2D eigenvalue weighted by Crippen LogP contribution is -2.37. The van der Waals surface area contributed by atoms with Crippen molar-refractivity contribution >= 4 is 5.91 Å². The van der Waals surface area contributed by atoms with Crippen LogP contribution in [0.3, 0.4) is 0 Å². The van der Waals surface area contributed by atoms with Gasteiger partial charge in [-0.1, -0.05) is 39.0 Å². The highest BCUT2D eigenvalue weighted by Crippen LogP contribution is 2.31. The van der Waals surface area contributed by atoms with E-state index >= 15 is 0 Å². The predicted molar refractivity (Wildman–Crippen MR) is 95.1 cm³/mol. The van der Waals surface area contributed by atoms with E-state index in [1.54, 1.807) is 6.92 Å².